The predicted octanol–water partition coefficient (Wildman–Crippen LogP) is 1.53. The van der Waals surface area contributed by atoms with Crippen molar-refractivity contribution in [3.8, 4) is 11.5 Å². The van der Waals surface area contributed by atoms with Crippen LogP contribution in [0, 0.1) is 5.41 Å². The zero-order chi connectivity index (χ0) is 13.4. The second-order valence-electron chi connectivity index (χ2n) is 4.02. The van der Waals surface area contributed by atoms with E-state index in [2.05, 4.69) is 4.98 Å². The number of hydroxylamine groups is 1. The summed E-state index contributed by atoms with van der Waals surface area (Å²) in [6, 6.07) is 9.56. The molecule has 0 fully saturated rings. The molecule has 0 unspecified atom stereocenters. The van der Waals surface area contributed by atoms with Gasteiger partial charge in [-0.05, 0) is 30.3 Å². The normalized spacial score (nSPS) is 10.8. The Morgan fingerprint density at radius 1 is 1.26 bits per heavy atom. The molecule has 1 amide bonds. The molecule has 3 N–H and O–H groups in total. The van der Waals surface area contributed by atoms with Crippen LogP contribution < -0.4 is 10.8 Å². The Hall–Kier alpha value is -2.73. The van der Waals surface area contributed by atoms with Crippen LogP contribution >= 0.6 is 0 Å². The van der Waals surface area contributed by atoms with E-state index in [4.69, 9.17) is 15.0 Å². The second-order valence-corrected chi connectivity index (χ2v) is 4.02. The quantitative estimate of drug-likeness (QED) is 0.349. The van der Waals surface area contributed by atoms with Crippen molar-refractivity contribution in [3.05, 3.63) is 47.3 Å². The van der Waals surface area contributed by atoms with E-state index >= 15 is 0 Å². The predicted molar refractivity (Wildman–Crippen MR) is 65.7 cm³/mol. The van der Waals surface area contributed by atoms with Gasteiger partial charge in [-0.2, -0.15) is 0 Å². The molecular weight excluding hydrogens is 246 g/mol. The van der Waals surface area contributed by atoms with Crippen LogP contribution in [0.15, 0.2) is 40.8 Å². The summed E-state index contributed by atoms with van der Waals surface area (Å²) in [5, 5.41) is 16.5. The molecule has 1 aromatic rings. The summed E-state index contributed by atoms with van der Waals surface area (Å²) in [5.74, 6) is -0.145. The molecular formula is C13H9N3O3. The highest BCUT2D eigenvalue weighted by Crippen LogP contribution is 2.24. The number of fused-ring (bicyclic) bond motifs is 2. The second kappa shape index (κ2) is 4.18. The molecule has 6 nitrogen and oxygen atoms in total. The van der Waals surface area contributed by atoms with Crippen LogP contribution in [0.2, 0.25) is 0 Å². The largest absolute Gasteiger partial charge is 0.453 e. The van der Waals surface area contributed by atoms with Crippen molar-refractivity contribution in [2.75, 3.05) is 0 Å². The van der Waals surface area contributed by atoms with Gasteiger partial charge in [0.15, 0.2) is 11.3 Å². The van der Waals surface area contributed by atoms with Crippen LogP contribution in [0.4, 0.5) is 0 Å². The summed E-state index contributed by atoms with van der Waals surface area (Å²) >= 11 is 0. The number of nitrogens with one attached hydrogen (secondary N) is 2. The van der Waals surface area contributed by atoms with Crippen molar-refractivity contribution in [2.24, 2.45) is 0 Å². The van der Waals surface area contributed by atoms with Gasteiger partial charge in [0.05, 0.1) is 5.36 Å². The number of hydrogen-bond donors (Lipinski definition) is 3. The van der Waals surface area contributed by atoms with Gasteiger partial charge in [0, 0.05) is 11.6 Å². The molecule has 2 aliphatic rings. The van der Waals surface area contributed by atoms with E-state index in [0.717, 1.165) is 0 Å². The topological polar surface area (TPSA) is 99.2 Å². The van der Waals surface area contributed by atoms with E-state index in [-0.39, 0.29) is 5.56 Å². The Balaban J connectivity index is 2.28. The summed E-state index contributed by atoms with van der Waals surface area (Å²) in [4.78, 5) is 15.7. The van der Waals surface area contributed by atoms with Gasteiger partial charge >= 0.3 is 0 Å². The summed E-state index contributed by atoms with van der Waals surface area (Å²) in [7, 11) is 0. The lowest BCUT2D eigenvalue weighted by molar-refractivity contribution is 0.0706. The molecule has 1 aromatic carbocycles. The van der Waals surface area contributed by atoms with Gasteiger partial charge in [-0.25, -0.2) is 10.5 Å². The first-order valence-electron chi connectivity index (χ1n) is 5.51. The summed E-state index contributed by atoms with van der Waals surface area (Å²) in [6.07, 6.45) is 0. The van der Waals surface area contributed by atoms with Crippen LogP contribution in [0.1, 0.15) is 10.4 Å². The number of hydrogen-bond acceptors (Lipinski definition) is 5. The van der Waals surface area contributed by atoms with Gasteiger partial charge < -0.3 is 9.83 Å². The summed E-state index contributed by atoms with van der Waals surface area (Å²) in [5.41, 5.74) is 3.48. The molecule has 1 aliphatic carbocycles. The Morgan fingerprint density at radius 2 is 2.11 bits per heavy atom. The summed E-state index contributed by atoms with van der Waals surface area (Å²) < 4.78 is 5.62. The Kier molecular flexibility index (Phi) is 2.50. The molecule has 0 aromatic heterocycles. The first-order valence-corrected chi connectivity index (χ1v) is 5.51. The van der Waals surface area contributed by atoms with Crippen LogP contribution in [-0.2, 0) is 0 Å². The molecule has 19 heavy (non-hydrogen) atoms. The third-order valence-corrected chi connectivity index (χ3v) is 2.74. The van der Waals surface area contributed by atoms with Crippen LogP contribution in [0.25, 0.3) is 22.6 Å². The highest BCUT2D eigenvalue weighted by Gasteiger charge is 2.11. The fourth-order valence-corrected chi connectivity index (χ4v) is 1.83. The van der Waals surface area contributed by atoms with Crippen molar-refractivity contribution in [3.63, 3.8) is 0 Å². The Labute approximate surface area is 107 Å². The van der Waals surface area contributed by atoms with Gasteiger partial charge in [0.25, 0.3) is 5.91 Å². The highest BCUT2D eigenvalue weighted by atomic mass is 16.5. The minimum atomic E-state index is -0.619. The molecule has 1 aliphatic heterocycles. The molecule has 1 heterocycles. The highest BCUT2D eigenvalue weighted by molar-refractivity contribution is 5.96. The van der Waals surface area contributed by atoms with Gasteiger partial charge in [-0.3, -0.25) is 10.0 Å². The first-order chi connectivity index (χ1) is 9.17. The van der Waals surface area contributed by atoms with Gasteiger partial charge in [-0.15, -0.1) is 0 Å². The van der Waals surface area contributed by atoms with Crippen LogP contribution in [0.3, 0.4) is 0 Å². The Morgan fingerprint density at radius 3 is 2.89 bits per heavy atom. The lowest BCUT2D eigenvalue weighted by Gasteiger charge is -2.06. The van der Waals surface area contributed by atoms with Crippen LogP contribution in [0.5, 0.6) is 0 Å². The molecule has 6 heteroatoms. The average Bonchev–Trinajstić information content (AvgIpc) is 2.43. The van der Waals surface area contributed by atoms with Crippen molar-refractivity contribution in [1.29, 1.82) is 5.41 Å². The number of nitrogens with zero attached hydrogens (tertiary/aromatic N) is 1. The molecule has 0 spiro atoms. The lowest BCUT2D eigenvalue weighted by Crippen LogP contribution is -2.18. The minimum absolute atomic E-state index is 0.266. The fraction of sp³-hybridized carbons (Fsp3) is 0. The van der Waals surface area contributed by atoms with Gasteiger partial charge in [0.2, 0.25) is 0 Å². The van der Waals surface area contributed by atoms with Crippen LogP contribution in [-0.4, -0.2) is 16.1 Å². The maximum absolute atomic E-state index is 11.3. The zero-order valence-electron chi connectivity index (χ0n) is 9.68. The number of carbonyl (C=O) groups is 1. The standard InChI is InChI=1S/C13H9N3O3/c14-8-2-4-10-12(6-8)19-11-5-7(13(17)16-18)1-3-9(11)15-10/h1-6,14,18H,(H,16,17). The molecule has 0 saturated heterocycles. The average molecular weight is 255 g/mol. The van der Waals surface area contributed by atoms with Crippen molar-refractivity contribution in [2.45, 2.75) is 0 Å². The monoisotopic (exact) mass is 255 g/mol. The van der Waals surface area contributed by atoms with Crippen molar-refractivity contribution < 1.29 is 14.4 Å². The van der Waals surface area contributed by atoms with E-state index in [9.17, 15) is 4.79 Å². The SMILES string of the molecule is N=c1ccc2nc3ccc(C(=O)NO)cc3oc-2c1. The van der Waals surface area contributed by atoms with Crippen molar-refractivity contribution in [1.82, 2.24) is 10.5 Å². The number of benzene rings is 2. The molecule has 0 atom stereocenters. The van der Waals surface area contributed by atoms with Gasteiger partial charge in [-0.1, -0.05) is 0 Å². The number of rotatable bonds is 1. The molecule has 3 rings (SSSR count). The summed E-state index contributed by atoms with van der Waals surface area (Å²) in [6.45, 7) is 0. The van der Waals surface area contributed by atoms with Crippen molar-refractivity contribution >= 4 is 17.0 Å². The smallest absolute Gasteiger partial charge is 0.274 e. The minimum Gasteiger partial charge on any atom is -0.453 e. The van der Waals surface area contributed by atoms with E-state index in [1.165, 1.54) is 6.07 Å². The molecule has 0 bridgehead atoms. The van der Waals surface area contributed by atoms with E-state index in [1.54, 1.807) is 35.8 Å². The van der Waals surface area contributed by atoms with E-state index < -0.39 is 5.91 Å². The van der Waals surface area contributed by atoms with Gasteiger partial charge in [0.1, 0.15) is 11.2 Å². The number of amides is 1. The zero-order valence-corrected chi connectivity index (χ0v) is 9.68. The van der Waals surface area contributed by atoms with E-state index in [0.29, 0.717) is 27.9 Å². The molecule has 0 radical (unpaired) electrons. The Bertz CT molecular complexity index is 810. The maximum Gasteiger partial charge on any atom is 0.274 e. The first kappa shape index (κ1) is 11.4. The third kappa shape index (κ3) is 1.94. The maximum atomic E-state index is 11.3. The number of aromatic nitrogens is 1. The lowest BCUT2D eigenvalue weighted by atomic mass is 10.1. The van der Waals surface area contributed by atoms with E-state index in [1.807, 2.05) is 0 Å². The number of carbonyl (C=O) groups excluding carboxylic acids is 1. The third-order valence-electron chi connectivity index (χ3n) is 2.74. The molecule has 0 saturated carbocycles. The fourth-order valence-electron chi connectivity index (χ4n) is 1.83. The molecule has 94 valence electrons.